The fraction of sp³-hybridized carbons (Fsp3) is 0.375. The van der Waals surface area contributed by atoms with Crippen LogP contribution in [0.25, 0.3) is 0 Å². The van der Waals surface area contributed by atoms with Crippen LogP contribution in [-0.4, -0.2) is 29.5 Å². The summed E-state index contributed by atoms with van der Waals surface area (Å²) in [6.45, 7) is 2.95. The number of benzene rings is 1. The van der Waals surface area contributed by atoms with E-state index in [9.17, 15) is 4.79 Å². The molecule has 0 unspecified atom stereocenters. The molecule has 5 nitrogen and oxygen atoms in total. The number of nitrogens with one attached hydrogen (secondary N) is 1. The zero-order chi connectivity index (χ0) is 15.6. The molecule has 0 spiro atoms. The maximum Gasteiger partial charge on any atom is 0.266 e. The molecular weight excluding hydrogens is 302 g/mol. The minimum Gasteiger partial charge on any atom is -0.494 e. The van der Waals surface area contributed by atoms with Crippen LogP contribution in [0.4, 0.5) is 0 Å². The van der Waals surface area contributed by atoms with Gasteiger partial charge in [-0.1, -0.05) is 29.8 Å². The highest BCUT2D eigenvalue weighted by molar-refractivity contribution is 6.29. The molecule has 118 valence electrons. The van der Waals surface area contributed by atoms with Crippen molar-refractivity contribution in [1.29, 1.82) is 0 Å². The van der Waals surface area contributed by atoms with Gasteiger partial charge in [-0.25, -0.2) is 4.68 Å². The highest BCUT2D eigenvalue weighted by Crippen LogP contribution is 2.07. The molecule has 0 aliphatic heterocycles. The molecule has 0 aliphatic carbocycles. The topological polar surface area (TPSA) is 56.2 Å². The molecular formula is C16H20ClN3O2. The van der Waals surface area contributed by atoms with Crippen molar-refractivity contribution in [3.63, 3.8) is 0 Å². The number of hydrogen-bond acceptors (Lipinski definition) is 4. The van der Waals surface area contributed by atoms with E-state index in [-0.39, 0.29) is 5.56 Å². The summed E-state index contributed by atoms with van der Waals surface area (Å²) in [5, 5.41) is 7.63. The SMILES string of the molecule is O=c1ccc(Cl)nn1CCCNCCCOc1ccccc1. The van der Waals surface area contributed by atoms with Crippen molar-refractivity contribution in [2.75, 3.05) is 19.7 Å². The molecule has 22 heavy (non-hydrogen) atoms. The Labute approximate surface area is 134 Å². The molecule has 6 heteroatoms. The Morgan fingerprint density at radius 1 is 1.09 bits per heavy atom. The first-order valence-corrected chi connectivity index (χ1v) is 7.76. The van der Waals surface area contributed by atoms with Gasteiger partial charge in [0.15, 0.2) is 0 Å². The van der Waals surface area contributed by atoms with E-state index in [4.69, 9.17) is 16.3 Å². The normalized spacial score (nSPS) is 10.6. The van der Waals surface area contributed by atoms with Crippen molar-refractivity contribution >= 4 is 11.6 Å². The third-order valence-corrected chi connectivity index (χ3v) is 3.27. The molecule has 2 rings (SSSR count). The van der Waals surface area contributed by atoms with E-state index in [1.807, 2.05) is 30.3 Å². The van der Waals surface area contributed by atoms with Gasteiger partial charge in [0.25, 0.3) is 5.56 Å². The van der Waals surface area contributed by atoms with Crippen LogP contribution in [0, 0.1) is 0 Å². The number of aromatic nitrogens is 2. The third-order valence-electron chi connectivity index (χ3n) is 3.07. The van der Waals surface area contributed by atoms with Crippen LogP contribution in [0.1, 0.15) is 12.8 Å². The summed E-state index contributed by atoms with van der Waals surface area (Å²) in [5.74, 6) is 0.897. The number of nitrogens with zero attached hydrogens (tertiary/aromatic N) is 2. The van der Waals surface area contributed by atoms with E-state index >= 15 is 0 Å². The first kappa shape index (κ1) is 16.5. The van der Waals surface area contributed by atoms with Crippen molar-refractivity contribution in [2.24, 2.45) is 0 Å². The van der Waals surface area contributed by atoms with Crippen LogP contribution in [-0.2, 0) is 6.54 Å². The molecule has 0 radical (unpaired) electrons. The summed E-state index contributed by atoms with van der Waals surface area (Å²) in [6, 6.07) is 12.7. The van der Waals surface area contributed by atoms with E-state index in [1.165, 1.54) is 16.8 Å². The minimum atomic E-state index is -0.124. The van der Waals surface area contributed by atoms with Gasteiger partial charge < -0.3 is 10.1 Å². The number of aryl methyl sites for hydroxylation is 1. The predicted octanol–water partition coefficient (Wildman–Crippen LogP) is 2.35. The molecule has 1 N–H and O–H groups in total. The number of ether oxygens (including phenoxy) is 1. The average Bonchev–Trinajstić information content (AvgIpc) is 2.54. The zero-order valence-electron chi connectivity index (χ0n) is 12.4. The van der Waals surface area contributed by atoms with Gasteiger partial charge in [-0.3, -0.25) is 4.79 Å². The van der Waals surface area contributed by atoms with E-state index in [1.54, 1.807) is 0 Å². The van der Waals surface area contributed by atoms with Gasteiger partial charge in [-0.2, -0.15) is 5.10 Å². The number of hydrogen-bond donors (Lipinski definition) is 1. The standard InChI is InChI=1S/C16H20ClN3O2/c17-15-8-9-16(21)20(19-15)12-4-10-18-11-5-13-22-14-6-2-1-3-7-14/h1-3,6-9,18H,4-5,10-13H2. The highest BCUT2D eigenvalue weighted by Gasteiger charge is 1.98. The van der Waals surface area contributed by atoms with Gasteiger partial charge in [0.2, 0.25) is 0 Å². The van der Waals surface area contributed by atoms with Crippen LogP contribution in [0.15, 0.2) is 47.3 Å². The highest BCUT2D eigenvalue weighted by atomic mass is 35.5. The monoisotopic (exact) mass is 321 g/mol. The number of halogens is 1. The lowest BCUT2D eigenvalue weighted by Gasteiger charge is -2.08. The molecule has 1 aromatic heterocycles. The molecule has 0 fully saturated rings. The molecule has 0 aliphatic rings. The molecule has 1 aromatic carbocycles. The van der Waals surface area contributed by atoms with Crippen molar-refractivity contribution < 1.29 is 4.74 Å². The maximum absolute atomic E-state index is 11.5. The van der Waals surface area contributed by atoms with Crippen molar-refractivity contribution in [1.82, 2.24) is 15.1 Å². The van der Waals surface area contributed by atoms with Gasteiger partial charge in [-0.05, 0) is 44.1 Å². The lowest BCUT2D eigenvalue weighted by molar-refractivity contribution is 0.308. The van der Waals surface area contributed by atoms with E-state index < -0.39 is 0 Å². The van der Waals surface area contributed by atoms with E-state index in [2.05, 4.69) is 10.4 Å². The summed E-state index contributed by atoms with van der Waals surface area (Å²) < 4.78 is 6.99. The van der Waals surface area contributed by atoms with Crippen LogP contribution in [0.5, 0.6) is 5.75 Å². The Balaban J connectivity index is 1.53. The largest absolute Gasteiger partial charge is 0.494 e. The van der Waals surface area contributed by atoms with E-state index in [0.717, 1.165) is 31.7 Å². The van der Waals surface area contributed by atoms with E-state index in [0.29, 0.717) is 18.3 Å². The molecule has 0 atom stereocenters. The molecule has 2 aromatic rings. The van der Waals surface area contributed by atoms with Gasteiger partial charge in [0.1, 0.15) is 10.9 Å². The fourth-order valence-electron chi connectivity index (χ4n) is 1.97. The molecule has 0 amide bonds. The summed E-state index contributed by atoms with van der Waals surface area (Å²) in [6.07, 6.45) is 1.76. The predicted molar refractivity (Wildman–Crippen MR) is 87.5 cm³/mol. The smallest absolute Gasteiger partial charge is 0.266 e. The zero-order valence-corrected chi connectivity index (χ0v) is 13.1. The Morgan fingerprint density at radius 3 is 2.68 bits per heavy atom. The van der Waals surface area contributed by atoms with Crippen molar-refractivity contribution in [2.45, 2.75) is 19.4 Å². The van der Waals surface area contributed by atoms with Crippen molar-refractivity contribution in [3.8, 4) is 5.75 Å². The quantitative estimate of drug-likeness (QED) is 0.720. The first-order chi connectivity index (χ1) is 10.8. The van der Waals surface area contributed by atoms with Crippen LogP contribution in [0.2, 0.25) is 5.15 Å². The molecule has 1 heterocycles. The minimum absolute atomic E-state index is 0.124. The van der Waals surface area contributed by atoms with Crippen molar-refractivity contribution in [3.05, 3.63) is 58.0 Å². The van der Waals surface area contributed by atoms with Gasteiger partial charge in [0.05, 0.1) is 6.61 Å². The maximum atomic E-state index is 11.5. The molecule has 0 saturated carbocycles. The fourth-order valence-corrected chi connectivity index (χ4v) is 2.12. The summed E-state index contributed by atoms with van der Waals surface area (Å²) in [5.41, 5.74) is -0.124. The van der Waals surface area contributed by atoms with Crippen LogP contribution >= 0.6 is 11.6 Å². The number of para-hydroxylation sites is 1. The lowest BCUT2D eigenvalue weighted by Crippen LogP contribution is -2.25. The summed E-state index contributed by atoms with van der Waals surface area (Å²) in [4.78, 5) is 11.5. The second-order valence-electron chi connectivity index (χ2n) is 4.84. The number of rotatable bonds is 9. The first-order valence-electron chi connectivity index (χ1n) is 7.38. The Morgan fingerprint density at radius 2 is 1.86 bits per heavy atom. The Bertz CT molecular complexity index is 616. The lowest BCUT2D eigenvalue weighted by atomic mass is 10.3. The summed E-state index contributed by atoms with van der Waals surface area (Å²) >= 11 is 5.76. The second-order valence-corrected chi connectivity index (χ2v) is 5.22. The molecule has 0 bridgehead atoms. The van der Waals surface area contributed by atoms with Gasteiger partial charge in [0, 0.05) is 12.6 Å². The second kappa shape index (κ2) is 9.23. The Kier molecular flexibility index (Phi) is 6.93. The van der Waals surface area contributed by atoms with Gasteiger partial charge >= 0.3 is 0 Å². The summed E-state index contributed by atoms with van der Waals surface area (Å²) in [7, 11) is 0. The van der Waals surface area contributed by atoms with Crippen LogP contribution < -0.4 is 15.6 Å². The van der Waals surface area contributed by atoms with Crippen LogP contribution in [0.3, 0.4) is 0 Å². The van der Waals surface area contributed by atoms with Gasteiger partial charge in [-0.15, -0.1) is 0 Å². The Hall–Kier alpha value is -1.85. The average molecular weight is 322 g/mol. The third kappa shape index (κ3) is 5.87. The molecule has 0 saturated heterocycles.